The Morgan fingerprint density at radius 1 is 1.08 bits per heavy atom. The number of nitro benzene ring substituents is 1. The van der Waals surface area contributed by atoms with Crippen molar-refractivity contribution in [1.29, 1.82) is 0 Å². The summed E-state index contributed by atoms with van der Waals surface area (Å²) in [4.78, 5) is 34.4. The number of methoxy groups -OCH3 is 1. The summed E-state index contributed by atoms with van der Waals surface area (Å²) in [7, 11) is 1.35. The molecular formula is C16H14BrN3O5. The molecule has 0 spiro atoms. The van der Waals surface area contributed by atoms with E-state index >= 15 is 0 Å². The van der Waals surface area contributed by atoms with Crippen LogP contribution in [0.2, 0.25) is 0 Å². The molecule has 0 saturated heterocycles. The molecule has 2 rings (SSSR count). The Morgan fingerprint density at radius 2 is 1.72 bits per heavy atom. The number of aryl methyl sites for hydroxylation is 1. The maximum Gasteiger partial charge on any atom is 0.314 e. The fourth-order valence-corrected chi connectivity index (χ4v) is 2.58. The third-order valence-electron chi connectivity index (χ3n) is 3.22. The highest BCUT2D eigenvalue weighted by Gasteiger charge is 2.19. The number of nitrogens with one attached hydrogen (secondary N) is 2. The molecule has 25 heavy (non-hydrogen) atoms. The van der Waals surface area contributed by atoms with Gasteiger partial charge < -0.3 is 15.4 Å². The van der Waals surface area contributed by atoms with E-state index in [9.17, 15) is 19.7 Å². The molecule has 0 aliphatic rings. The topological polar surface area (TPSA) is 111 Å². The molecule has 2 aromatic rings. The van der Waals surface area contributed by atoms with Crippen LogP contribution in [0.25, 0.3) is 0 Å². The summed E-state index contributed by atoms with van der Waals surface area (Å²) in [5.74, 6) is -1.70. The zero-order chi connectivity index (χ0) is 18.6. The minimum Gasteiger partial charge on any atom is -0.495 e. The number of non-ortho nitro benzene ring substituents is 1. The van der Waals surface area contributed by atoms with Gasteiger partial charge in [0.15, 0.2) is 0 Å². The largest absolute Gasteiger partial charge is 0.495 e. The first-order chi connectivity index (χ1) is 11.8. The first-order valence-electron chi connectivity index (χ1n) is 7.02. The number of carbonyl (C=O) groups excluding carboxylic acids is 2. The van der Waals surface area contributed by atoms with Crippen molar-refractivity contribution in [3.8, 4) is 5.75 Å². The zero-order valence-corrected chi connectivity index (χ0v) is 14.9. The molecule has 0 bridgehead atoms. The monoisotopic (exact) mass is 407 g/mol. The summed E-state index contributed by atoms with van der Waals surface area (Å²) in [5.41, 5.74) is 1.20. The lowest BCUT2D eigenvalue weighted by Crippen LogP contribution is -2.29. The summed E-state index contributed by atoms with van der Waals surface area (Å²) in [6, 6.07) is 8.91. The van der Waals surface area contributed by atoms with Gasteiger partial charge in [-0.05, 0) is 46.6 Å². The molecule has 2 amide bonds. The highest BCUT2D eigenvalue weighted by molar-refractivity contribution is 9.10. The predicted molar refractivity (Wildman–Crippen MR) is 95.8 cm³/mol. The highest BCUT2D eigenvalue weighted by atomic mass is 79.9. The number of halogens is 1. The molecule has 9 heteroatoms. The van der Waals surface area contributed by atoms with E-state index in [1.54, 1.807) is 18.2 Å². The van der Waals surface area contributed by atoms with Crippen LogP contribution in [0, 0.1) is 17.0 Å². The number of hydrogen-bond donors (Lipinski definition) is 2. The van der Waals surface area contributed by atoms with Gasteiger partial charge in [-0.3, -0.25) is 19.7 Å². The molecule has 130 valence electrons. The summed E-state index contributed by atoms with van der Waals surface area (Å²) in [5, 5.41) is 15.6. The molecule has 0 heterocycles. The van der Waals surface area contributed by atoms with Crippen LogP contribution in [-0.4, -0.2) is 23.8 Å². The summed E-state index contributed by atoms with van der Waals surface area (Å²) in [6.45, 7) is 1.89. The molecule has 0 saturated carbocycles. The van der Waals surface area contributed by atoms with Gasteiger partial charge in [0.05, 0.1) is 23.4 Å². The van der Waals surface area contributed by atoms with Gasteiger partial charge in [0.25, 0.3) is 5.69 Å². The van der Waals surface area contributed by atoms with Gasteiger partial charge >= 0.3 is 11.8 Å². The van der Waals surface area contributed by atoms with Crippen molar-refractivity contribution in [3.63, 3.8) is 0 Å². The van der Waals surface area contributed by atoms with Gasteiger partial charge in [0.1, 0.15) is 5.75 Å². The summed E-state index contributed by atoms with van der Waals surface area (Å²) in [6.07, 6.45) is 0. The lowest BCUT2D eigenvalue weighted by atomic mass is 10.2. The van der Waals surface area contributed by atoms with E-state index in [2.05, 4.69) is 26.6 Å². The van der Waals surface area contributed by atoms with E-state index in [0.29, 0.717) is 10.2 Å². The van der Waals surface area contributed by atoms with Crippen molar-refractivity contribution in [2.24, 2.45) is 0 Å². The van der Waals surface area contributed by atoms with Gasteiger partial charge in [-0.25, -0.2) is 0 Å². The maximum atomic E-state index is 12.1. The number of ether oxygens (including phenoxy) is 1. The van der Waals surface area contributed by atoms with Crippen LogP contribution in [-0.2, 0) is 9.59 Å². The van der Waals surface area contributed by atoms with Crippen molar-refractivity contribution in [1.82, 2.24) is 0 Å². The average molecular weight is 408 g/mol. The van der Waals surface area contributed by atoms with Crippen molar-refractivity contribution >= 4 is 44.8 Å². The molecule has 0 aromatic heterocycles. The van der Waals surface area contributed by atoms with E-state index in [4.69, 9.17) is 4.74 Å². The second-order valence-corrected chi connectivity index (χ2v) is 5.89. The molecule has 8 nitrogen and oxygen atoms in total. The number of anilines is 2. The van der Waals surface area contributed by atoms with Crippen LogP contribution < -0.4 is 15.4 Å². The van der Waals surface area contributed by atoms with Crippen LogP contribution in [0.15, 0.2) is 40.9 Å². The number of hydrogen-bond acceptors (Lipinski definition) is 5. The number of amides is 2. The van der Waals surface area contributed by atoms with Crippen molar-refractivity contribution in [2.45, 2.75) is 6.92 Å². The Labute approximate surface area is 151 Å². The van der Waals surface area contributed by atoms with E-state index in [0.717, 1.165) is 11.6 Å². The molecule has 0 aliphatic heterocycles. The standard InChI is InChI=1S/C16H14BrN3O5/c1-9-3-5-12(11(17)7-9)18-15(21)16(22)19-13-8-10(20(23)24)4-6-14(13)25-2/h3-8H,1-2H3,(H,18,21)(H,19,22). The minimum atomic E-state index is -0.980. The third-order valence-corrected chi connectivity index (χ3v) is 3.88. The van der Waals surface area contributed by atoms with E-state index in [-0.39, 0.29) is 17.1 Å². The number of benzene rings is 2. The lowest BCUT2D eigenvalue weighted by molar-refractivity contribution is -0.384. The number of carbonyl (C=O) groups is 2. The molecular weight excluding hydrogens is 394 g/mol. The third kappa shape index (κ3) is 4.54. The minimum absolute atomic E-state index is 0.0276. The van der Waals surface area contributed by atoms with Crippen LogP contribution >= 0.6 is 15.9 Å². The van der Waals surface area contributed by atoms with Gasteiger partial charge in [-0.1, -0.05) is 6.07 Å². The quantitative estimate of drug-likeness (QED) is 0.459. The fraction of sp³-hybridized carbons (Fsp3) is 0.125. The molecule has 0 radical (unpaired) electrons. The number of nitro groups is 1. The Bertz CT molecular complexity index is 854. The van der Waals surface area contributed by atoms with Crippen LogP contribution in [0.1, 0.15) is 5.56 Å². The molecule has 0 aliphatic carbocycles. The second-order valence-electron chi connectivity index (χ2n) is 5.03. The summed E-state index contributed by atoms with van der Waals surface area (Å²) < 4.78 is 5.66. The molecule has 2 aromatic carbocycles. The number of rotatable bonds is 4. The average Bonchev–Trinajstić information content (AvgIpc) is 2.57. The molecule has 0 fully saturated rings. The van der Waals surface area contributed by atoms with Gasteiger partial charge in [-0.2, -0.15) is 0 Å². The second kappa shape index (κ2) is 7.75. The smallest absolute Gasteiger partial charge is 0.314 e. The van der Waals surface area contributed by atoms with Crippen molar-refractivity contribution in [2.75, 3.05) is 17.7 Å². The zero-order valence-electron chi connectivity index (χ0n) is 13.3. The highest BCUT2D eigenvalue weighted by Crippen LogP contribution is 2.29. The number of nitrogens with zero attached hydrogens (tertiary/aromatic N) is 1. The van der Waals surface area contributed by atoms with Crippen LogP contribution in [0.5, 0.6) is 5.75 Å². The fourth-order valence-electron chi connectivity index (χ4n) is 1.99. The maximum absolute atomic E-state index is 12.1. The van der Waals surface area contributed by atoms with E-state index in [1.165, 1.54) is 19.2 Å². The Hall–Kier alpha value is -2.94. The van der Waals surface area contributed by atoms with Crippen LogP contribution in [0.4, 0.5) is 17.1 Å². The molecule has 2 N–H and O–H groups in total. The lowest BCUT2D eigenvalue weighted by Gasteiger charge is -2.11. The SMILES string of the molecule is COc1ccc([N+](=O)[O-])cc1NC(=O)C(=O)Nc1ccc(C)cc1Br. The molecule has 0 unspecified atom stereocenters. The van der Waals surface area contributed by atoms with Gasteiger partial charge in [-0.15, -0.1) is 0 Å². The van der Waals surface area contributed by atoms with Crippen molar-refractivity contribution in [3.05, 3.63) is 56.5 Å². The Morgan fingerprint density at radius 3 is 2.28 bits per heavy atom. The van der Waals surface area contributed by atoms with Crippen molar-refractivity contribution < 1.29 is 19.2 Å². The van der Waals surface area contributed by atoms with Gasteiger partial charge in [0, 0.05) is 16.6 Å². The van der Waals surface area contributed by atoms with Crippen LogP contribution in [0.3, 0.4) is 0 Å². The predicted octanol–water partition coefficient (Wildman–Crippen LogP) is 3.25. The Balaban J connectivity index is 2.17. The summed E-state index contributed by atoms with van der Waals surface area (Å²) >= 11 is 3.30. The normalized spacial score (nSPS) is 10.0. The first-order valence-corrected chi connectivity index (χ1v) is 7.82. The van der Waals surface area contributed by atoms with E-state index < -0.39 is 16.7 Å². The van der Waals surface area contributed by atoms with Gasteiger partial charge in [0.2, 0.25) is 0 Å². The van der Waals surface area contributed by atoms with E-state index in [1.807, 2.05) is 6.92 Å². The first kappa shape index (κ1) is 18.4. The molecule has 0 atom stereocenters. The Kier molecular flexibility index (Phi) is 5.71.